The third-order valence-corrected chi connectivity index (χ3v) is 4.43. The lowest BCUT2D eigenvalue weighted by molar-refractivity contribution is 0.0936. The number of likely N-dealkylation sites (tertiary alicyclic amines) is 1. The van der Waals surface area contributed by atoms with Crippen LogP contribution in [0.5, 0.6) is 0 Å². The second-order valence-electron chi connectivity index (χ2n) is 5.98. The Bertz CT molecular complexity index is 706. The summed E-state index contributed by atoms with van der Waals surface area (Å²) in [6, 6.07) is 13.8. The van der Waals surface area contributed by atoms with Crippen molar-refractivity contribution >= 4 is 5.91 Å². The molecule has 0 radical (unpaired) electrons. The van der Waals surface area contributed by atoms with E-state index in [1.807, 2.05) is 6.07 Å². The van der Waals surface area contributed by atoms with Gasteiger partial charge in [-0.1, -0.05) is 30.3 Å². The number of amides is 1. The van der Waals surface area contributed by atoms with E-state index in [9.17, 15) is 9.59 Å². The average Bonchev–Trinajstić information content (AvgIpc) is 3.04. The van der Waals surface area contributed by atoms with E-state index in [1.54, 1.807) is 6.07 Å². The van der Waals surface area contributed by atoms with Crippen molar-refractivity contribution in [1.29, 1.82) is 0 Å². The molecular formula is C18H21N3O2. The predicted octanol–water partition coefficient (Wildman–Crippen LogP) is 1.94. The van der Waals surface area contributed by atoms with Gasteiger partial charge in [0.25, 0.3) is 5.91 Å². The van der Waals surface area contributed by atoms with Crippen molar-refractivity contribution < 1.29 is 4.79 Å². The summed E-state index contributed by atoms with van der Waals surface area (Å²) in [4.78, 5) is 28.2. The van der Waals surface area contributed by atoms with E-state index >= 15 is 0 Å². The van der Waals surface area contributed by atoms with Gasteiger partial charge in [0.15, 0.2) is 0 Å². The Labute approximate surface area is 135 Å². The lowest BCUT2D eigenvalue weighted by Crippen LogP contribution is -2.37. The van der Waals surface area contributed by atoms with E-state index < -0.39 is 0 Å². The number of aromatic nitrogens is 1. The number of pyridine rings is 1. The summed E-state index contributed by atoms with van der Waals surface area (Å²) >= 11 is 0. The first-order valence-electron chi connectivity index (χ1n) is 7.92. The fourth-order valence-electron chi connectivity index (χ4n) is 3.02. The van der Waals surface area contributed by atoms with Gasteiger partial charge in [-0.05, 0) is 25.0 Å². The minimum absolute atomic E-state index is 0.138. The number of nitrogens with zero attached hydrogens (tertiary/aromatic N) is 1. The molecule has 120 valence electrons. The number of benzene rings is 1. The van der Waals surface area contributed by atoms with Gasteiger partial charge in [-0.25, -0.2) is 0 Å². The van der Waals surface area contributed by atoms with Crippen LogP contribution in [-0.2, 0) is 0 Å². The van der Waals surface area contributed by atoms with Crippen LogP contribution < -0.4 is 10.9 Å². The van der Waals surface area contributed by atoms with Gasteiger partial charge in [-0.2, -0.15) is 0 Å². The summed E-state index contributed by atoms with van der Waals surface area (Å²) < 4.78 is 0. The summed E-state index contributed by atoms with van der Waals surface area (Å²) in [5.41, 5.74) is 1.57. The summed E-state index contributed by atoms with van der Waals surface area (Å²) in [7, 11) is 0. The molecule has 2 atom stereocenters. The zero-order valence-electron chi connectivity index (χ0n) is 13.2. The molecule has 1 aliphatic heterocycles. The third-order valence-electron chi connectivity index (χ3n) is 4.43. The van der Waals surface area contributed by atoms with Gasteiger partial charge in [0.05, 0.1) is 5.56 Å². The van der Waals surface area contributed by atoms with Gasteiger partial charge in [0.1, 0.15) is 0 Å². The molecule has 2 heterocycles. The van der Waals surface area contributed by atoms with Crippen molar-refractivity contribution in [3.05, 3.63) is 70.1 Å². The number of H-pyrrole nitrogens is 1. The minimum Gasteiger partial charge on any atom is -0.348 e. The van der Waals surface area contributed by atoms with Crippen molar-refractivity contribution in [1.82, 2.24) is 15.2 Å². The Morgan fingerprint density at radius 1 is 1.26 bits per heavy atom. The highest BCUT2D eigenvalue weighted by molar-refractivity contribution is 5.94. The van der Waals surface area contributed by atoms with Gasteiger partial charge in [0.2, 0.25) is 5.56 Å². The second-order valence-corrected chi connectivity index (χ2v) is 5.98. The van der Waals surface area contributed by atoms with E-state index in [-0.39, 0.29) is 17.5 Å². The maximum absolute atomic E-state index is 12.2. The molecule has 0 bridgehead atoms. The van der Waals surface area contributed by atoms with Crippen LogP contribution in [0, 0.1) is 0 Å². The molecule has 1 aromatic carbocycles. The molecule has 2 aromatic rings. The first-order valence-corrected chi connectivity index (χ1v) is 7.92. The quantitative estimate of drug-likeness (QED) is 0.907. The normalized spacial score (nSPS) is 19.4. The second kappa shape index (κ2) is 6.79. The zero-order chi connectivity index (χ0) is 16.2. The molecule has 1 aliphatic rings. The predicted molar refractivity (Wildman–Crippen MR) is 89.4 cm³/mol. The fourth-order valence-corrected chi connectivity index (χ4v) is 3.02. The molecule has 0 spiro atoms. The number of hydrogen-bond donors (Lipinski definition) is 2. The van der Waals surface area contributed by atoms with Crippen LogP contribution in [0.25, 0.3) is 0 Å². The van der Waals surface area contributed by atoms with Gasteiger partial charge in [-0.15, -0.1) is 0 Å². The Balaban J connectivity index is 1.58. The number of carbonyl (C=O) groups is 1. The molecule has 1 aromatic heterocycles. The van der Waals surface area contributed by atoms with Crippen molar-refractivity contribution in [3.63, 3.8) is 0 Å². The van der Waals surface area contributed by atoms with Crippen molar-refractivity contribution in [3.8, 4) is 0 Å². The lowest BCUT2D eigenvalue weighted by Gasteiger charge is -2.24. The van der Waals surface area contributed by atoms with E-state index in [0.717, 1.165) is 19.5 Å². The molecule has 5 nitrogen and oxygen atoms in total. The largest absolute Gasteiger partial charge is 0.348 e. The van der Waals surface area contributed by atoms with Crippen LogP contribution in [-0.4, -0.2) is 34.9 Å². The molecular weight excluding hydrogens is 290 g/mol. The Morgan fingerprint density at radius 3 is 2.74 bits per heavy atom. The highest BCUT2D eigenvalue weighted by Crippen LogP contribution is 2.24. The van der Waals surface area contributed by atoms with E-state index in [1.165, 1.54) is 17.8 Å². The van der Waals surface area contributed by atoms with E-state index in [4.69, 9.17) is 0 Å². The van der Waals surface area contributed by atoms with Crippen molar-refractivity contribution in [2.45, 2.75) is 25.4 Å². The maximum Gasteiger partial charge on any atom is 0.253 e. The van der Waals surface area contributed by atoms with Crippen LogP contribution >= 0.6 is 0 Å². The fraction of sp³-hybridized carbons (Fsp3) is 0.333. The summed E-state index contributed by atoms with van der Waals surface area (Å²) in [6.45, 7) is 4.00. The highest BCUT2D eigenvalue weighted by Gasteiger charge is 2.27. The maximum atomic E-state index is 12.2. The summed E-state index contributed by atoms with van der Waals surface area (Å²) in [5, 5.41) is 3.05. The zero-order valence-corrected chi connectivity index (χ0v) is 13.2. The molecule has 1 fully saturated rings. The Kier molecular flexibility index (Phi) is 4.57. The first kappa shape index (κ1) is 15.5. The third kappa shape index (κ3) is 3.68. The molecule has 3 rings (SSSR count). The average molecular weight is 311 g/mol. The van der Waals surface area contributed by atoms with Gasteiger partial charge in [0, 0.05) is 37.4 Å². The Hall–Kier alpha value is -2.40. The highest BCUT2D eigenvalue weighted by atomic mass is 16.2. The van der Waals surface area contributed by atoms with Gasteiger partial charge >= 0.3 is 0 Å². The molecule has 23 heavy (non-hydrogen) atoms. The number of rotatable bonds is 4. The molecule has 2 N–H and O–H groups in total. The smallest absolute Gasteiger partial charge is 0.253 e. The molecule has 2 unspecified atom stereocenters. The van der Waals surface area contributed by atoms with Crippen LogP contribution in [0.4, 0.5) is 0 Å². The number of aromatic amines is 1. The lowest BCUT2D eigenvalue weighted by atomic mass is 10.1. The minimum atomic E-state index is -0.203. The molecule has 5 heteroatoms. The summed E-state index contributed by atoms with van der Waals surface area (Å²) in [6.07, 6.45) is 2.39. The van der Waals surface area contributed by atoms with Crippen LogP contribution in [0.2, 0.25) is 0 Å². The monoisotopic (exact) mass is 311 g/mol. The molecule has 0 aliphatic carbocycles. The molecule has 0 saturated carbocycles. The number of nitrogens with one attached hydrogen (secondary N) is 2. The SMILES string of the molecule is CC(c1ccccc1)N1CCC(NC(=O)c2ccc(=O)[nH]c2)C1. The van der Waals surface area contributed by atoms with Crippen molar-refractivity contribution in [2.75, 3.05) is 13.1 Å². The van der Waals surface area contributed by atoms with Crippen LogP contribution in [0.15, 0.2) is 53.5 Å². The van der Waals surface area contributed by atoms with Gasteiger partial charge in [-0.3, -0.25) is 14.5 Å². The number of carbonyl (C=O) groups excluding carboxylic acids is 1. The van der Waals surface area contributed by atoms with Crippen LogP contribution in [0.1, 0.15) is 35.3 Å². The number of hydrogen-bond acceptors (Lipinski definition) is 3. The van der Waals surface area contributed by atoms with Crippen LogP contribution in [0.3, 0.4) is 0 Å². The molecule has 1 amide bonds. The Morgan fingerprint density at radius 2 is 2.04 bits per heavy atom. The molecule has 1 saturated heterocycles. The standard InChI is InChI=1S/C18H21N3O2/c1-13(14-5-3-2-4-6-14)21-10-9-16(12-21)20-18(23)15-7-8-17(22)19-11-15/h2-8,11,13,16H,9-10,12H2,1H3,(H,19,22)(H,20,23). The van der Waals surface area contributed by atoms with Gasteiger partial charge < -0.3 is 10.3 Å². The van der Waals surface area contributed by atoms with E-state index in [2.05, 4.69) is 46.4 Å². The van der Waals surface area contributed by atoms with E-state index in [0.29, 0.717) is 11.6 Å². The van der Waals surface area contributed by atoms with Crippen molar-refractivity contribution in [2.24, 2.45) is 0 Å². The first-order chi connectivity index (χ1) is 11.1. The summed E-state index contributed by atoms with van der Waals surface area (Å²) in [5.74, 6) is -0.138. The topological polar surface area (TPSA) is 65.2 Å².